The minimum atomic E-state index is -1.79. The summed E-state index contributed by atoms with van der Waals surface area (Å²) in [6.07, 6.45) is -0.800. The van der Waals surface area contributed by atoms with Gasteiger partial charge in [0.15, 0.2) is 10.8 Å². The number of halogens is 1. The van der Waals surface area contributed by atoms with Crippen LogP contribution in [0.3, 0.4) is 0 Å². The zero-order valence-corrected chi connectivity index (χ0v) is 33.1. The molecule has 4 rings (SSSR count). The highest BCUT2D eigenvalue weighted by Gasteiger charge is 2.57. The Kier molecular flexibility index (Phi) is 12.6. The lowest BCUT2D eigenvalue weighted by Crippen LogP contribution is -2.74. The van der Waals surface area contributed by atoms with Crippen molar-refractivity contribution in [2.75, 3.05) is 24.1 Å². The predicted octanol–water partition coefficient (Wildman–Crippen LogP) is 3.99. The molecule has 0 aliphatic carbocycles. The van der Waals surface area contributed by atoms with Crippen LogP contribution in [0.15, 0.2) is 46.1 Å². The van der Waals surface area contributed by atoms with E-state index in [1.807, 2.05) is 0 Å². The molecule has 1 fully saturated rings. The van der Waals surface area contributed by atoms with E-state index in [4.69, 9.17) is 35.4 Å². The van der Waals surface area contributed by atoms with Gasteiger partial charge in [0.2, 0.25) is 5.60 Å². The van der Waals surface area contributed by atoms with Crippen molar-refractivity contribution < 1.29 is 52.0 Å². The number of hydrogen-bond acceptors (Lipinski definition) is 14. The summed E-state index contributed by atoms with van der Waals surface area (Å²) in [6.45, 7) is 12.7. The van der Waals surface area contributed by atoms with E-state index in [9.17, 15) is 28.2 Å². The predicted molar refractivity (Wildman–Crippen MR) is 196 cm³/mol. The number of fused-ring (bicyclic) bond motifs is 1. The number of anilines is 1. The largest absolute Gasteiger partial charge is 0.497 e. The third kappa shape index (κ3) is 10.3. The van der Waals surface area contributed by atoms with E-state index >= 15 is 0 Å². The van der Waals surface area contributed by atoms with Crippen LogP contribution in [0.2, 0.25) is 0 Å². The van der Waals surface area contributed by atoms with E-state index in [0.29, 0.717) is 11.3 Å². The average molecular weight is 796 g/mol. The van der Waals surface area contributed by atoms with E-state index < -0.39 is 74.6 Å². The number of methoxy groups -OCH3 is 1. The molecule has 0 bridgehead atoms. The minimum absolute atomic E-state index is 0.0389. The molecule has 288 valence electrons. The Labute approximate surface area is 318 Å². The number of benzene rings is 1. The fourth-order valence-corrected chi connectivity index (χ4v) is 7.43. The molecule has 0 unspecified atom stereocenters. The van der Waals surface area contributed by atoms with Gasteiger partial charge in [-0.2, -0.15) is 0 Å². The normalized spacial score (nSPS) is 19.1. The van der Waals surface area contributed by atoms with E-state index in [-0.39, 0.29) is 40.3 Å². The second-order valence-corrected chi connectivity index (χ2v) is 17.0. The number of alkyl halides is 1. The molecule has 1 aromatic carbocycles. The average Bonchev–Trinajstić information content (AvgIpc) is 3.51. The minimum Gasteiger partial charge on any atom is -0.497 e. The highest BCUT2D eigenvalue weighted by atomic mass is 35.5. The van der Waals surface area contributed by atoms with Crippen LogP contribution in [0, 0.1) is 0 Å². The smallest absolute Gasteiger partial charge is 0.413 e. The van der Waals surface area contributed by atoms with Crippen LogP contribution in [0.25, 0.3) is 0 Å². The lowest BCUT2D eigenvalue weighted by Gasteiger charge is -2.49. The molecule has 0 spiro atoms. The quantitative estimate of drug-likeness (QED) is 0.0783. The summed E-state index contributed by atoms with van der Waals surface area (Å²) in [4.78, 5) is 76.8. The Morgan fingerprint density at radius 3 is 2.26 bits per heavy atom. The number of amides is 3. The van der Waals surface area contributed by atoms with E-state index in [1.165, 1.54) is 26.3 Å². The van der Waals surface area contributed by atoms with Crippen LogP contribution in [0.5, 0.6) is 5.75 Å². The molecule has 16 nitrogen and oxygen atoms in total. The van der Waals surface area contributed by atoms with Gasteiger partial charge in [-0.25, -0.2) is 19.4 Å². The Hall–Kier alpha value is -4.55. The van der Waals surface area contributed by atoms with Gasteiger partial charge in [-0.3, -0.25) is 24.0 Å². The van der Waals surface area contributed by atoms with Crippen LogP contribution >= 0.6 is 22.9 Å². The molecule has 19 heteroatoms. The van der Waals surface area contributed by atoms with Gasteiger partial charge in [-0.15, -0.1) is 22.9 Å². The number of esters is 2. The number of nitrogens with zero attached hydrogens (tertiary/aromatic N) is 3. The fraction of sp³-hybridized carbons (Fsp3) is 0.500. The van der Waals surface area contributed by atoms with E-state index in [0.717, 1.165) is 16.2 Å². The second-order valence-electron chi connectivity index (χ2n) is 14.3. The summed E-state index contributed by atoms with van der Waals surface area (Å²) in [5.41, 5.74) is -3.19. The molecule has 3 amide bonds. The standard InChI is InChI=1S/C34H42ClN5O11S2/c1-32(2,3)49-29(44)34(7,8)51-39-22(21-16-52-30(36-21)38-31(45)50-33(4,5)6)25(41)37-23-26(42)40-24(19(14-35)17-53(46)27(23)40)28(43)48-15-18-10-12-20(47-9)13-11-18/h10-13,16,23,27H,14-15,17H2,1-9H3,(H,37,41)(H,36,38,45)/b39-22+/t23-,27-,53-/m1/s1. The van der Waals surface area contributed by atoms with Gasteiger partial charge in [-0.1, -0.05) is 17.3 Å². The Morgan fingerprint density at radius 1 is 1.04 bits per heavy atom. The lowest BCUT2D eigenvalue weighted by molar-refractivity contribution is -0.179. The Balaban J connectivity index is 1.58. The molecule has 3 heterocycles. The Morgan fingerprint density at radius 2 is 1.68 bits per heavy atom. The number of aromatic nitrogens is 1. The molecule has 0 radical (unpaired) electrons. The van der Waals surface area contributed by atoms with Crippen LogP contribution in [-0.4, -0.2) is 96.6 Å². The van der Waals surface area contributed by atoms with Crippen molar-refractivity contribution in [1.82, 2.24) is 15.2 Å². The number of ether oxygens (including phenoxy) is 4. The van der Waals surface area contributed by atoms with Gasteiger partial charge in [0.05, 0.1) is 23.7 Å². The van der Waals surface area contributed by atoms with E-state index in [2.05, 4.69) is 20.8 Å². The topological polar surface area (TPSA) is 201 Å². The highest BCUT2D eigenvalue weighted by Crippen LogP contribution is 2.36. The van der Waals surface area contributed by atoms with Crippen molar-refractivity contribution in [3.8, 4) is 5.75 Å². The molecule has 3 atom stereocenters. The third-order valence-corrected chi connectivity index (χ3v) is 9.94. The summed E-state index contributed by atoms with van der Waals surface area (Å²) >= 11 is 7.05. The number of thiazole rings is 1. The number of carbonyl (C=O) groups is 5. The van der Waals surface area contributed by atoms with Crippen LogP contribution in [0.1, 0.15) is 66.6 Å². The number of β-lactam (4-membered cyclic amide) rings is 1. The number of hydrogen-bond donors (Lipinski definition) is 2. The van der Waals surface area contributed by atoms with Gasteiger partial charge >= 0.3 is 18.0 Å². The van der Waals surface area contributed by atoms with Crippen molar-refractivity contribution in [2.24, 2.45) is 5.16 Å². The van der Waals surface area contributed by atoms with Crippen molar-refractivity contribution in [2.45, 2.75) is 90.2 Å². The zero-order chi connectivity index (χ0) is 39.5. The molecule has 1 aromatic heterocycles. The summed E-state index contributed by atoms with van der Waals surface area (Å²) in [5.74, 6) is -3.13. The van der Waals surface area contributed by atoms with Crippen LogP contribution < -0.4 is 15.4 Å². The summed E-state index contributed by atoms with van der Waals surface area (Å²) in [6, 6.07) is 5.44. The summed E-state index contributed by atoms with van der Waals surface area (Å²) in [7, 11) is -0.268. The molecule has 1 saturated heterocycles. The molecule has 2 aliphatic rings. The summed E-state index contributed by atoms with van der Waals surface area (Å²) < 4.78 is 34.7. The molecule has 2 N–H and O–H groups in total. The van der Waals surface area contributed by atoms with Crippen molar-refractivity contribution in [3.05, 3.63) is 52.2 Å². The third-order valence-electron chi connectivity index (χ3n) is 7.20. The molecular formula is C34H42ClN5O11S2. The first kappa shape index (κ1) is 41.2. The van der Waals surface area contributed by atoms with Gasteiger partial charge in [0, 0.05) is 11.3 Å². The maximum atomic E-state index is 13.9. The number of nitrogens with one attached hydrogen (secondary N) is 2. The van der Waals surface area contributed by atoms with Crippen LogP contribution in [0.4, 0.5) is 9.93 Å². The van der Waals surface area contributed by atoms with Gasteiger partial charge in [0.1, 0.15) is 46.4 Å². The second kappa shape index (κ2) is 16.2. The van der Waals surface area contributed by atoms with Gasteiger partial charge < -0.3 is 29.1 Å². The number of carbonyl (C=O) groups excluding carboxylic acids is 5. The van der Waals surface area contributed by atoms with E-state index in [1.54, 1.807) is 65.8 Å². The molecule has 2 aliphatic heterocycles. The maximum Gasteiger partial charge on any atom is 0.413 e. The first-order valence-corrected chi connectivity index (χ1v) is 19.0. The summed E-state index contributed by atoms with van der Waals surface area (Å²) in [5, 5.41) is 9.22. The van der Waals surface area contributed by atoms with Gasteiger partial charge in [-0.05, 0) is 78.7 Å². The van der Waals surface area contributed by atoms with Gasteiger partial charge in [0.25, 0.3) is 11.8 Å². The fourth-order valence-electron chi connectivity index (χ4n) is 4.73. The SMILES string of the molecule is COc1ccc(COC(=O)C2=C(CCl)C[S@@](=O)[C@@H]3[C@H](NC(=O)/C(=N/OC(C)(C)C(=O)OC(C)(C)C)c4csc(NC(=O)OC(C)(C)C)n4)C(=O)N23)cc1. The molecule has 0 saturated carbocycles. The zero-order valence-electron chi connectivity index (χ0n) is 30.7. The van der Waals surface area contributed by atoms with Crippen molar-refractivity contribution in [1.29, 1.82) is 0 Å². The Bertz CT molecular complexity index is 1850. The monoisotopic (exact) mass is 795 g/mol. The molecular weight excluding hydrogens is 754 g/mol. The first-order chi connectivity index (χ1) is 24.6. The first-order valence-electron chi connectivity index (χ1n) is 16.2. The maximum absolute atomic E-state index is 13.9. The number of rotatable bonds is 12. The van der Waals surface area contributed by atoms with Crippen molar-refractivity contribution >= 4 is 74.4 Å². The van der Waals surface area contributed by atoms with Crippen molar-refractivity contribution in [3.63, 3.8) is 0 Å². The van der Waals surface area contributed by atoms with Crippen LogP contribution in [-0.2, 0) is 55.6 Å². The number of oxime groups is 1. The lowest BCUT2D eigenvalue weighted by atomic mass is 10.0. The molecule has 53 heavy (non-hydrogen) atoms. The highest BCUT2D eigenvalue weighted by molar-refractivity contribution is 7.86. The molecule has 2 aromatic rings.